The zero-order chi connectivity index (χ0) is 15.3. The first-order chi connectivity index (χ1) is 9.34. The first-order valence-corrected chi connectivity index (χ1v) is 9.47. The molecule has 0 saturated carbocycles. The Morgan fingerprint density at radius 1 is 1.55 bits per heavy atom. The predicted molar refractivity (Wildman–Crippen MR) is 84.3 cm³/mol. The summed E-state index contributed by atoms with van der Waals surface area (Å²) in [5.41, 5.74) is 5.75. The van der Waals surface area contributed by atoms with Crippen molar-refractivity contribution in [2.45, 2.75) is 44.2 Å². The van der Waals surface area contributed by atoms with Crippen LogP contribution in [-0.2, 0) is 16.6 Å². The van der Waals surface area contributed by atoms with E-state index >= 15 is 0 Å². The van der Waals surface area contributed by atoms with E-state index in [4.69, 9.17) is 5.73 Å². The van der Waals surface area contributed by atoms with Gasteiger partial charge in [0.25, 0.3) is 0 Å². The van der Waals surface area contributed by atoms with Crippen molar-refractivity contribution in [2.75, 3.05) is 24.8 Å². The van der Waals surface area contributed by atoms with Gasteiger partial charge < -0.3 is 5.73 Å². The molecule has 1 aromatic rings. The van der Waals surface area contributed by atoms with Gasteiger partial charge in [0, 0.05) is 25.8 Å². The third-order valence-electron chi connectivity index (χ3n) is 3.23. The number of sulfonamides is 1. The van der Waals surface area contributed by atoms with Crippen LogP contribution < -0.4 is 5.73 Å². The van der Waals surface area contributed by atoms with Gasteiger partial charge in [0.05, 0.1) is 0 Å². The molecule has 0 aliphatic carbocycles. The molecule has 0 radical (unpaired) electrons. The van der Waals surface area contributed by atoms with E-state index < -0.39 is 10.0 Å². The lowest BCUT2D eigenvalue weighted by Crippen LogP contribution is -2.35. The van der Waals surface area contributed by atoms with Crippen molar-refractivity contribution >= 4 is 27.6 Å². The SMILES string of the molecule is CCCn1cc(S(=O)(=O)N(C)C(C)CCSC)c(N)n1. The van der Waals surface area contributed by atoms with Gasteiger partial charge in [0.1, 0.15) is 4.90 Å². The van der Waals surface area contributed by atoms with Crippen LogP contribution in [0.5, 0.6) is 0 Å². The van der Waals surface area contributed by atoms with E-state index in [2.05, 4.69) is 5.10 Å². The Bertz CT molecular complexity index is 528. The minimum absolute atomic E-state index is 0.0682. The highest BCUT2D eigenvalue weighted by Crippen LogP contribution is 2.23. The molecular weight excluding hydrogens is 296 g/mol. The van der Waals surface area contributed by atoms with Gasteiger partial charge in [-0.2, -0.15) is 21.2 Å². The van der Waals surface area contributed by atoms with Crippen molar-refractivity contribution in [3.05, 3.63) is 6.20 Å². The minimum atomic E-state index is -3.58. The fraction of sp³-hybridized carbons (Fsp3) is 0.750. The Morgan fingerprint density at radius 2 is 2.20 bits per heavy atom. The molecule has 0 spiro atoms. The lowest BCUT2D eigenvalue weighted by Gasteiger charge is -2.23. The van der Waals surface area contributed by atoms with E-state index in [1.807, 2.05) is 20.1 Å². The molecule has 1 rings (SSSR count). The van der Waals surface area contributed by atoms with Gasteiger partial charge in [-0.1, -0.05) is 6.92 Å². The molecule has 0 bridgehead atoms. The molecule has 20 heavy (non-hydrogen) atoms. The van der Waals surface area contributed by atoms with Crippen LogP contribution in [0.15, 0.2) is 11.1 Å². The van der Waals surface area contributed by atoms with Gasteiger partial charge >= 0.3 is 0 Å². The Kier molecular flexibility index (Phi) is 6.35. The number of aromatic nitrogens is 2. The third kappa shape index (κ3) is 3.89. The summed E-state index contributed by atoms with van der Waals surface area (Å²) in [5, 5.41) is 4.06. The number of thioether (sulfide) groups is 1. The van der Waals surface area contributed by atoms with E-state index in [0.29, 0.717) is 6.54 Å². The number of rotatable bonds is 8. The van der Waals surface area contributed by atoms with Crippen LogP contribution in [0.3, 0.4) is 0 Å². The molecule has 0 aliphatic heterocycles. The minimum Gasteiger partial charge on any atom is -0.381 e. The fourth-order valence-corrected chi connectivity index (χ4v) is 3.85. The van der Waals surface area contributed by atoms with Crippen molar-refractivity contribution < 1.29 is 8.42 Å². The molecule has 0 saturated heterocycles. The first kappa shape index (κ1) is 17.3. The smallest absolute Gasteiger partial charge is 0.248 e. The van der Waals surface area contributed by atoms with Crippen LogP contribution in [0.1, 0.15) is 26.7 Å². The average Bonchev–Trinajstić information content (AvgIpc) is 2.77. The van der Waals surface area contributed by atoms with Crippen LogP contribution in [0.4, 0.5) is 5.82 Å². The second-order valence-electron chi connectivity index (χ2n) is 4.79. The van der Waals surface area contributed by atoms with Crippen molar-refractivity contribution in [3.8, 4) is 0 Å². The molecule has 0 amide bonds. The largest absolute Gasteiger partial charge is 0.381 e. The lowest BCUT2D eigenvalue weighted by atomic mass is 10.3. The van der Waals surface area contributed by atoms with Crippen LogP contribution in [0, 0.1) is 0 Å². The number of nitrogens with two attached hydrogens (primary N) is 1. The summed E-state index contributed by atoms with van der Waals surface area (Å²) in [5.74, 6) is 0.994. The Labute approximate surface area is 125 Å². The topological polar surface area (TPSA) is 81.2 Å². The summed E-state index contributed by atoms with van der Waals surface area (Å²) >= 11 is 1.71. The molecule has 0 aromatic carbocycles. The number of nitrogens with zero attached hydrogens (tertiary/aromatic N) is 3. The predicted octanol–water partition coefficient (Wildman–Crippen LogP) is 1.64. The van der Waals surface area contributed by atoms with Crippen molar-refractivity contribution in [1.29, 1.82) is 0 Å². The molecule has 6 nitrogen and oxygen atoms in total. The maximum Gasteiger partial charge on any atom is 0.248 e. The second-order valence-corrected chi connectivity index (χ2v) is 7.74. The summed E-state index contributed by atoms with van der Waals surface area (Å²) < 4.78 is 28.1. The van der Waals surface area contributed by atoms with E-state index in [9.17, 15) is 8.42 Å². The van der Waals surface area contributed by atoms with Crippen LogP contribution in [0.25, 0.3) is 0 Å². The van der Waals surface area contributed by atoms with E-state index in [-0.39, 0.29) is 16.8 Å². The Hall–Kier alpha value is -0.730. The summed E-state index contributed by atoms with van der Waals surface area (Å²) in [6.45, 7) is 4.56. The normalized spacial score (nSPS) is 13.8. The van der Waals surface area contributed by atoms with E-state index in [1.165, 1.54) is 10.5 Å². The molecule has 116 valence electrons. The summed E-state index contributed by atoms with van der Waals surface area (Å²) in [7, 11) is -1.99. The molecule has 1 unspecified atom stereocenters. The van der Waals surface area contributed by atoms with Crippen molar-refractivity contribution in [3.63, 3.8) is 0 Å². The Morgan fingerprint density at radius 3 is 2.75 bits per heavy atom. The van der Waals surface area contributed by atoms with Gasteiger partial charge in [-0.15, -0.1) is 0 Å². The monoisotopic (exact) mass is 320 g/mol. The molecule has 0 aliphatic rings. The number of hydrogen-bond donors (Lipinski definition) is 1. The average molecular weight is 320 g/mol. The molecular formula is C12H24N4O2S2. The van der Waals surface area contributed by atoms with E-state index in [1.54, 1.807) is 23.5 Å². The van der Waals surface area contributed by atoms with Gasteiger partial charge in [0.2, 0.25) is 10.0 Å². The maximum absolute atomic E-state index is 12.6. The maximum atomic E-state index is 12.6. The molecule has 1 atom stereocenters. The zero-order valence-electron chi connectivity index (χ0n) is 12.5. The quantitative estimate of drug-likeness (QED) is 0.787. The second kappa shape index (κ2) is 7.33. The highest BCUT2D eigenvalue weighted by Gasteiger charge is 2.29. The highest BCUT2D eigenvalue weighted by atomic mass is 32.2. The molecule has 0 fully saturated rings. The summed E-state index contributed by atoms with van der Waals surface area (Å²) in [4.78, 5) is 0.101. The highest BCUT2D eigenvalue weighted by molar-refractivity contribution is 7.98. The standard InChI is InChI=1S/C12H24N4O2S2/c1-5-7-16-9-11(12(13)14-16)20(17,18)15(3)10(2)6-8-19-4/h9-10H,5-8H2,1-4H3,(H2,13,14). The first-order valence-electron chi connectivity index (χ1n) is 6.64. The van der Waals surface area contributed by atoms with Gasteiger partial charge in [-0.3, -0.25) is 4.68 Å². The van der Waals surface area contributed by atoms with E-state index in [0.717, 1.165) is 18.6 Å². The third-order valence-corrected chi connectivity index (χ3v) is 5.86. The van der Waals surface area contributed by atoms with Crippen LogP contribution in [0.2, 0.25) is 0 Å². The van der Waals surface area contributed by atoms with Crippen LogP contribution in [-0.4, -0.2) is 47.6 Å². The van der Waals surface area contributed by atoms with Crippen molar-refractivity contribution in [2.24, 2.45) is 0 Å². The van der Waals surface area contributed by atoms with Gasteiger partial charge in [0.15, 0.2) is 5.82 Å². The van der Waals surface area contributed by atoms with Crippen LogP contribution >= 0.6 is 11.8 Å². The molecule has 1 aromatic heterocycles. The van der Waals surface area contributed by atoms with Gasteiger partial charge in [-0.05, 0) is 31.8 Å². The fourth-order valence-electron chi connectivity index (χ4n) is 1.82. The van der Waals surface area contributed by atoms with Crippen molar-refractivity contribution in [1.82, 2.24) is 14.1 Å². The number of nitrogen functional groups attached to an aromatic ring is 1. The summed E-state index contributed by atoms with van der Waals surface area (Å²) in [6.07, 6.45) is 5.21. The summed E-state index contributed by atoms with van der Waals surface area (Å²) in [6, 6.07) is -0.0682. The zero-order valence-corrected chi connectivity index (χ0v) is 14.2. The number of hydrogen-bond acceptors (Lipinski definition) is 5. The Balaban J connectivity index is 2.97. The number of anilines is 1. The molecule has 1 heterocycles. The lowest BCUT2D eigenvalue weighted by molar-refractivity contribution is 0.382. The van der Waals surface area contributed by atoms with Gasteiger partial charge in [-0.25, -0.2) is 8.42 Å². The number of aryl methyl sites for hydroxylation is 1. The molecule has 8 heteroatoms. The molecule has 2 N–H and O–H groups in total.